The highest BCUT2D eigenvalue weighted by Gasteiger charge is 2.30. The highest BCUT2D eigenvalue weighted by atomic mass is 16.2. The lowest BCUT2D eigenvalue weighted by atomic mass is 10.1. The van der Waals surface area contributed by atoms with E-state index in [-0.39, 0.29) is 0 Å². The Bertz CT molecular complexity index is 761. The fourth-order valence-electron chi connectivity index (χ4n) is 3.03. The van der Waals surface area contributed by atoms with Crippen LogP contribution < -0.4 is 4.90 Å². The van der Waals surface area contributed by atoms with Gasteiger partial charge < -0.3 is 9.80 Å². The van der Waals surface area contributed by atoms with Gasteiger partial charge in [-0.25, -0.2) is 4.98 Å². The van der Waals surface area contributed by atoms with E-state index in [9.17, 15) is 9.59 Å². The van der Waals surface area contributed by atoms with E-state index in [1.54, 1.807) is 36.7 Å². The van der Waals surface area contributed by atoms with Crippen LogP contribution in [0, 0.1) is 13.8 Å². The molecule has 1 fully saturated rings. The predicted molar refractivity (Wildman–Crippen MR) is 90.0 cm³/mol. The van der Waals surface area contributed by atoms with Crippen LogP contribution >= 0.6 is 0 Å². The summed E-state index contributed by atoms with van der Waals surface area (Å²) in [6, 6.07) is 5.77. The molecule has 1 saturated heterocycles. The van der Waals surface area contributed by atoms with Crippen LogP contribution in [0.1, 0.15) is 21.7 Å². The molecular formula is C17H21N5O2. The van der Waals surface area contributed by atoms with E-state index in [0.717, 1.165) is 11.5 Å². The maximum absolute atomic E-state index is 12.6. The van der Waals surface area contributed by atoms with Gasteiger partial charge in [0.1, 0.15) is 5.82 Å². The average Bonchev–Trinajstić information content (AvgIpc) is 2.87. The van der Waals surface area contributed by atoms with Crippen molar-refractivity contribution in [2.75, 3.05) is 31.1 Å². The second-order valence-electron chi connectivity index (χ2n) is 5.97. The van der Waals surface area contributed by atoms with Crippen molar-refractivity contribution in [1.29, 1.82) is 0 Å². The van der Waals surface area contributed by atoms with E-state index in [0.29, 0.717) is 37.4 Å². The van der Waals surface area contributed by atoms with Crippen LogP contribution in [0.2, 0.25) is 0 Å². The molecule has 7 heteroatoms. The Morgan fingerprint density at radius 1 is 1.08 bits per heavy atom. The highest BCUT2D eigenvalue weighted by molar-refractivity contribution is 6.43. The third kappa shape index (κ3) is 2.89. The Balaban J connectivity index is 1.68. The van der Waals surface area contributed by atoms with E-state index < -0.39 is 11.7 Å². The highest BCUT2D eigenvalue weighted by Crippen LogP contribution is 2.16. The topological polar surface area (TPSA) is 71.3 Å². The molecule has 0 saturated carbocycles. The molecule has 126 valence electrons. The SMILES string of the molecule is Cc1nn(C)c(C)c1C(=O)C(=O)N1CCN(c2ccccn2)CC1. The van der Waals surface area contributed by atoms with Gasteiger partial charge in [0, 0.05) is 45.1 Å². The van der Waals surface area contributed by atoms with Crippen LogP contribution in [0.5, 0.6) is 0 Å². The molecule has 2 aromatic heterocycles. The van der Waals surface area contributed by atoms with Gasteiger partial charge in [0.2, 0.25) is 0 Å². The Labute approximate surface area is 140 Å². The monoisotopic (exact) mass is 327 g/mol. The summed E-state index contributed by atoms with van der Waals surface area (Å²) in [5, 5.41) is 4.22. The van der Waals surface area contributed by atoms with Crippen molar-refractivity contribution in [2.24, 2.45) is 7.05 Å². The van der Waals surface area contributed by atoms with Gasteiger partial charge in [0.25, 0.3) is 11.7 Å². The molecular weight excluding hydrogens is 306 g/mol. The van der Waals surface area contributed by atoms with Crippen LogP contribution in [0.4, 0.5) is 5.82 Å². The number of aromatic nitrogens is 3. The minimum Gasteiger partial charge on any atom is -0.353 e. The van der Waals surface area contributed by atoms with Crippen molar-refractivity contribution in [3.63, 3.8) is 0 Å². The first-order valence-electron chi connectivity index (χ1n) is 7.99. The number of aryl methyl sites for hydroxylation is 2. The predicted octanol–water partition coefficient (Wildman–Crippen LogP) is 0.963. The van der Waals surface area contributed by atoms with Crippen molar-refractivity contribution in [3.05, 3.63) is 41.3 Å². The number of Topliss-reactive ketones (excluding diaryl/α,β-unsaturated/α-hetero) is 1. The molecule has 0 bridgehead atoms. The van der Waals surface area contributed by atoms with Gasteiger partial charge in [-0.3, -0.25) is 14.3 Å². The number of pyridine rings is 1. The molecule has 0 spiro atoms. The quantitative estimate of drug-likeness (QED) is 0.620. The summed E-state index contributed by atoms with van der Waals surface area (Å²) in [5.41, 5.74) is 1.74. The number of rotatable bonds is 3. The summed E-state index contributed by atoms with van der Waals surface area (Å²) < 4.78 is 1.63. The van der Waals surface area contributed by atoms with Crippen molar-refractivity contribution in [1.82, 2.24) is 19.7 Å². The van der Waals surface area contributed by atoms with E-state index in [2.05, 4.69) is 15.0 Å². The molecule has 0 radical (unpaired) electrons. The van der Waals surface area contributed by atoms with Gasteiger partial charge >= 0.3 is 0 Å². The summed E-state index contributed by atoms with van der Waals surface area (Å²) in [5.74, 6) is -0.0193. The molecule has 3 heterocycles. The molecule has 1 amide bonds. The Kier molecular flexibility index (Phi) is 4.33. The number of piperazine rings is 1. The number of carbonyl (C=O) groups excluding carboxylic acids is 2. The summed E-state index contributed by atoms with van der Waals surface area (Å²) in [7, 11) is 1.77. The van der Waals surface area contributed by atoms with Crippen LogP contribution in [-0.4, -0.2) is 57.5 Å². The van der Waals surface area contributed by atoms with Crippen molar-refractivity contribution in [2.45, 2.75) is 13.8 Å². The molecule has 7 nitrogen and oxygen atoms in total. The standard InChI is InChI=1S/C17H21N5O2/c1-12-15(13(2)20(3)19-12)16(23)17(24)22-10-8-21(9-11-22)14-6-4-5-7-18-14/h4-7H,8-11H2,1-3H3. The van der Waals surface area contributed by atoms with Crippen molar-refractivity contribution < 1.29 is 9.59 Å². The second kappa shape index (κ2) is 6.43. The van der Waals surface area contributed by atoms with Gasteiger partial charge in [0.05, 0.1) is 11.3 Å². The molecule has 0 aliphatic carbocycles. The first-order chi connectivity index (χ1) is 11.5. The van der Waals surface area contributed by atoms with Gasteiger partial charge in [-0.2, -0.15) is 5.10 Å². The van der Waals surface area contributed by atoms with E-state index >= 15 is 0 Å². The molecule has 24 heavy (non-hydrogen) atoms. The number of anilines is 1. The fraction of sp³-hybridized carbons (Fsp3) is 0.412. The molecule has 3 rings (SSSR count). The molecule has 0 N–H and O–H groups in total. The number of amides is 1. The zero-order valence-corrected chi connectivity index (χ0v) is 14.2. The second-order valence-corrected chi connectivity index (χ2v) is 5.97. The van der Waals surface area contributed by atoms with E-state index in [1.165, 1.54) is 0 Å². The third-order valence-corrected chi connectivity index (χ3v) is 4.47. The largest absolute Gasteiger partial charge is 0.353 e. The summed E-state index contributed by atoms with van der Waals surface area (Å²) >= 11 is 0. The molecule has 0 atom stereocenters. The fourth-order valence-corrected chi connectivity index (χ4v) is 3.03. The normalized spacial score (nSPS) is 14.8. The maximum atomic E-state index is 12.6. The number of hydrogen-bond acceptors (Lipinski definition) is 5. The Morgan fingerprint density at radius 3 is 2.33 bits per heavy atom. The lowest BCUT2D eigenvalue weighted by molar-refractivity contribution is -0.126. The van der Waals surface area contributed by atoms with Crippen LogP contribution in [0.15, 0.2) is 24.4 Å². The zero-order valence-electron chi connectivity index (χ0n) is 14.2. The molecule has 1 aliphatic rings. The first-order valence-corrected chi connectivity index (χ1v) is 7.99. The lowest BCUT2D eigenvalue weighted by Gasteiger charge is -2.35. The Hall–Kier alpha value is -2.70. The maximum Gasteiger partial charge on any atom is 0.295 e. The van der Waals surface area contributed by atoms with Crippen molar-refractivity contribution in [3.8, 4) is 0 Å². The minimum atomic E-state index is -0.468. The minimum absolute atomic E-state index is 0.426. The van der Waals surface area contributed by atoms with Gasteiger partial charge in [0.15, 0.2) is 0 Å². The van der Waals surface area contributed by atoms with E-state index in [1.807, 2.05) is 18.2 Å². The van der Waals surface area contributed by atoms with Crippen LogP contribution in [0.3, 0.4) is 0 Å². The summed E-state index contributed by atoms with van der Waals surface area (Å²) in [6.07, 6.45) is 1.75. The molecule has 2 aromatic rings. The van der Waals surface area contributed by atoms with Crippen LogP contribution in [0.25, 0.3) is 0 Å². The third-order valence-electron chi connectivity index (χ3n) is 4.47. The summed E-state index contributed by atoms with van der Waals surface area (Å²) in [4.78, 5) is 33.2. The van der Waals surface area contributed by atoms with Crippen LogP contribution in [-0.2, 0) is 11.8 Å². The number of hydrogen-bond donors (Lipinski definition) is 0. The smallest absolute Gasteiger partial charge is 0.295 e. The molecule has 0 unspecified atom stereocenters. The Morgan fingerprint density at radius 2 is 1.79 bits per heavy atom. The first kappa shape index (κ1) is 16.2. The van der Waals surface area contributed by atoms with Gasteiger partial charge in [-0.15, -0.1) is 0 Å². The van der Waals surface area contributed by atoms with E-state index in [4.69, 9.17) is 0 Å². The number of carbonyl (C=O) groups is 2. The number of ketones is 1. The lowest BCUT2D eigenvalue weighted by Crippen LogP contribution is -2.51. The summed E-state index contributed by atoms with van der Waals surface area (Å²) in [6.45, 7) is 5.92. The van der Waals surface area contributed by atoms with Crippen molar-refractivity contribution >= 4 is 17.5 Å². The van der Waals surface area contributed by atoms with Gasteiger partial charge in [-0.1, -0.05) is 6.07 Å². The number of nitrogens with zero attached hydrogens (tertiary/aromatic N) is 5. The average molecular weight is 327 g/mol. The van der Waals surface area contributed by atoms with Gasteiger partial charge in [-0.05, 0) is 26.0 Å². The molecule has 0 aromatic carbocycles. The molecule has 1 aliphatic heterocycles. The zero-order chi connectivity index (χ0) is 17.3.